The van der Waals surface area contributed by atoms with Crippen molar-refractivity contribution < 1.29 is 35.9 Å². The molecule has 0 atom stereocenters. The fourth-order valence-corrected chi connectivity index (χ4v) is 5.71. The van der Waals surface area contributed by atoms with E-state index in [1.54, 1.807) is 67.1 Å². The Kier molecular flexibility index (Phi) is 10.6. The molecule has 2 amide bonds. The molecule has 0 spiro atoms. The van der Waals surface area contributed by atoms with E-state index in [2.05, 4.69) is 40.8 Å². The van der Waals surface area contributed by atoms with Crippen LogP contribution in [-0.4, -0.2) is 51.3 Å². The van der Waals surface area contributed by atoms with Gasteiger partial charge in [0.15, 0.2) is 23.0 Å². The number of carbonyl (C=O) groups excluding carboxylic acids is 2. The number of anilines is 2. The van der Waals surface area contributed by atoms with E-state index in [0.29, 0.717) is 28.5 Å². The van der Waals surface area contributed by atoms with Gasteiger partial charge in [-0.3, -0.25) is 19.6 Å². The van der Waals surface area contributed by atoms with Crippen molar-refractivity contribution in [3.05, 3.63) is 132 Å². The Morgan fingerprint density at radius 3 is 1.54 bits per heavy atom. The van der Waals surface area contributed by atoms with Gasteiger partial charge in [-0.15, -0.1) is 0 Å². The number of carbonyl (C=O) groups is 2. The smallest absolute Gasteiger partial charge is 0.324 e. The quantitative estimate of drug-likeness (QED) is 0.136. The molecule has 0 aliphatic heterocycles. The molecule has 12 nitrogen and oxygen atoms in total. The number of hydrogen-bond acceptors (Lipinski definition) is 8. The van der Waals surface area contributed by atoms with Crippen LogP contribution in [0.2, 0.25) is 0 Å². The lowest BCUT2D eigenvalue weighted by atomic mass is 10.2. The number of nitrogens with one attached hydrogen (secondary N) is 2. The van der Waals surface area contributed by atoms with Crippen LogP contribution >= 0.6 is 0 Å². The van der Waals surface area contributed by atoms with Gasteiger partial charge in [-0.2, -0.15) is 36.5 Å². The zero-order chi connectivity index (χ0) is 39.5. The monoisotopic (exact) mass is 774 g/mol. The van der Waals surface area contributed by atoms with E-state index in [1.807, 2.05) is 0 Å². The first-order chi connectivity index (χ1) is 26.8. The third-order valence-electron chi connectivity index (χ3n) is 8.73. The number of amides is 2. The maximum atomic E-state index is 13.0. The minimum Gasteiger partial charge on any atom is -0.324 e. The van der Waals surface area contributed by atoms with E-state index in [1.165, 1.54) is 27.8 Å². The first-order valence-corrected chi connectivity index (χ1v) is 17.5. The molecule has 6 aromatic rings. The lowest BCUT2D eigenvalue weighted by Gasteiger charge is -2.08. The van der Waals surface area contributed by atoms with Gasteiger partial charge in [-0.25, -0.2) is 19.3 Å². The number of alkyl halides is 6. The highest BCUT2D eigenvalue weighted by atomic mass is 19.4. The van der Waals surface area contributed by atoms with E-state index in [9.17, 15) is 35.9 Å². The second-order valence-corrected chi connectivity index (χ2v) is 13.2. The average molecular weight is 775 g/mol. The van der Waals surface area contributed by atoms with Crippen molar-refractivity contribution in [2.24, 2.45) is 0 Å². The predicted octanol–water partition coefficient (Wildman–Crippen LogP) is 7.48. The van der Waals surface area contributed by atoms with Crippen LogP contribution < -0.4 is 10.6 Å². The summed E-state index contributed by atoms with van der Waals surface area (Å²) in [6.45, 7) is 0. The maximum Gasteiger partial charge on any atom is 0.435 e. The van der Waals surface area contributed by atoms with Crippen LogP contribution in [0.3, 0.4) is 0 Å². The molecule has 0 unspecified atom stereocenters. The first kappa shape index (κ1) is 37.8. The molecular formula is C38H32F6N10O2. The predicted molar refractivity (Wildman–Crippen MR) is 190 cm³/mol. The normalized spacial score (nSPS) is 14.1. The van der Waals surface area contributed by atoms with Gasteiger partial charge in [-0.1, -0.05) is 6.07 Å². The number of hydrogen-bond donors (Lipinski definition) is 2. The SMILES string of the molecule is O=C(Cc1ccccn1)Nc1ccc(-n2nc(C(F)(F)F)cc2C2CC2)nc1.O=C(Cc1ccncc1)Nc1ccc(-n2nc(C(F)(F)F)cc2C2CC2)nc1. The summed E-state index contributed by atoms with van der Waals surface area (Å²) in [4.78, 5) is 40.5. The Labute approximate surface area is 315 Å². The molecule has 18 heteroatoms. The zero-order valence-corrected chi connectivity index (χ0v) is 29.3. The number of halogens is 6. The van der Waals surface area contributed by atoms with Gasteiger partial charge >= 0.3 is 12.4 Å². The van der Waals surface area contributed by atoms with Gasteiger partial charge in [0.25, 0.3) is 0 Å². The molecule has 0 aromatic carbocycles. The van der Waals surface area contributed by atoms with Crippen LogP contribution in [0.1, 0.15) is 71.6 Å². The molecule has 0 radical (unpaired) electrons. The maximum absolute atomic E-state index is 13.0. The third-order valence-corrected chi connectivity index (χ3v) is 8.73. The van der Waals surface area contributed by atoms with Crippen molar-refractivity contribution in [3.63, 3.8) is 0 Å². The van der Waals surface area contributed by atoms with Gasteiger partial charge < -0.3 is 10.6 Å². The van der Waals surface area contributed by atoms with Crippen molar-refractivity contribution in [1.29, 1.82) is 0 Å². The van der Waals surface area contributed by atoms with Gasteiger partial charge in [0.05, 0.1) is 36.6 Å². The standard InChI is InChI=1S/2C19H16F3N5O/c20-19(21,22)16-10-15(13-1-2-13)27(26-16)17-4-3-14(11-24-17)25-18(28)9-12-5-7-23-8-6-12;20-19(21,22)16-10-15(12-4-5-12)27(26-16)17-7-6-14(11-24-17)25-18(28)9-13-3-1-2-8-23-13/h3-8,10-11,13H,1-2,9H2,(H,25,28);1-3,6-8,10-12H,4-5,9H2,(H,25,28). The molecule has 2 aliphatic carbocycles. The van der Waals surface area contributed by atoms with Gasteiger partial charge in [-0.05, 0) is 91.9 Å². The van der Waals surface area contributed by atoms with E-state index in [-0.39, 0.29) is 48.1 Å². The van der Waals surface area contributed by atoms with Crippen LogP contribution in [0.5, 0.6) is 0 Å². The Morgan fingerprint density at radius 2 is 1.12 bits per heavy atom. The highest BCUT2D eigenvalue weighted by Crippen LogP contribution is 2.44. The van der Waals surface area contributed by atoms with E-state index >= 15 is 0 Å². The van der Waals surface area contributed by atoms with E-state index < -0.39 is 23.7 Å². The van der Waals surface area contributed by atoms with Crippen LogP contribution in [0.15, 0.2) is 97.7 Å². The van der Waals surface area contributed by atoms with Crippen LogP contribution in [0.25, 0.3) is 11.6 Å². The van der Waals surface area contributed by atoms with Gasteiger partial charge in [0.1, 0.15) is 0 Å². The zero-order valence-electron chi connectivity index (χ0n) is 29.3. The number of pyridine rings is 4. The summed E-state index contributed by atoms with van der Waals surface area (Å²) in [5, 5.41) is 12.8. The summed E-state index contributed by atoms with van der Waals surface area (Å²) in [7, 11) is 0. The van der Waals surface area contributed by atoms with Crippen molar-refractivity contribution in [2.45, 2.75) is 62.7 Å². The summed E-state index contributed by atoms with van der Waals surface area (Å²) < 4.78 is 80.6. The topological polar surface area (TPSA) is 145 Å². The Balaban J connectivity index is 0.000000172. The van der Waals surface area contributed by atoms with Crippen LogP contribution in [0.4, 0.5) is 37.7 Å². The Bertz CT molecular complexity index is 2120. The molecule has 2 fully saturated rings. The highest BCUT2D eigenvalue weighted by Gasteiger charge is 2.39. The molecule has 2 saturated carbocycles. The van der Waals surface area contributed by atoms with E-state index in [4.69, 9.17) is 0 Å². The fourth-order valence-electron chi connectivity index (χ4n) is 5.71. The molecule has 2 aliphatic rings. The van der Waals surface area contributed by atoms with Gasteiger partial charge in [0, 0.05) is 47.5 Å². The Morgan fingerprint density at radius 1 is 0.625 bits per heavy atom. The second-order valence-electron chi connectivity index (χ2n) is 13.2. The summed E-state index contributed by atoms with van der Waals surface area (Å²) in [5.74, 6) is 0.223. The summed E-state index contributed by atoms with van der Waals surface area (Å²) in [6.07, 6.45) is 2.27. The van der Waals surface area contributed by atoms with Gasteiger partial charge in [0.2, 0.25) is 11.8 Å². The molecule has 6 heterocycles. The summed E-state index contributed by atoms with van der Waals surface area (Å²) in [5.41, 5.74) is 1.52. The molecule has 6 aromatic heterocycles. The number of rotatable bonds is 10. The minimum atomic E-state index is -4.51. The van der Waals surface area contributed by atoms with Crippen LogP contribution in [0, 0.1) is 0 Å². The third kappa shape index (κ3) is 9.60. The van der Waals surface area contributed by atoms with Crippen molar-refractivity contribution >= 4 is 23.2 Å². The van der Waals surface area contributed by atoms with Crippen molar-refractivity contribution in [3.8, 4) is 11.6 Å². The van der Waals surface area contributed by atoms with E-state index in [0.717, 1.165) is 43.4 Å². The summed E-state index contributed by atoms with van der Waals surface area (Å²) >= 11 is 0. The fraction of sp³-hybridized carbons (Fsp3) is 0.263. The minimum absolute atomic E-state index is 0.0724. The highest BCUT2D eigenvalue weighted by molar-refractivity contribution is 5.92. The largest absolute Gasteiger partial charge is 0.435 e. The Hall–Kier alpha value is -6.46. The van der Waals surface area contributed by atoms with Crippen molar-refractivity contribution in [2.75, 3.05) is 10.6 Å². The molecule has 8 rings (SSSR count). The molecule has 0 bridgehead atoms. The molecule has 2 N–H and O–H groups in total. The molecular weight excluding hydrogens is 742 g/mol. The number of nitrogens with zero attached hydrogens (tertiary/aromatic N) is 8. The number of aromatic nitrogens is 8. The van der Waals surface area contributed by atoms with Crippen LogP contribution in [-0.2, 0) is 34.8 Å². The molecule has 56 heavy (non-hydrogen) atoms. The second kappa shape index (κ2) is 15.7. The lowest BCUT2D eigenvalue weighted by molar-refractivity contribution is -0.142. The molecule has 288 valence electrons. The first-order valence-electron chi connectivity index (χ1n) is 17.5. The van der Waals surface area contributed by atoms with Crippen molar-refractivity contribution in [1.82, 2.24) is 39.5 Å². The average Bonchev–Trinajstić information content (AvgIpc) is 4.10. The lowest BCUT2D eigenvalue weighted by Crippen LogP contribution is -2.15. The molecule has 0 saturated heterocycles. The summed E-state index contributed by atoms with van der Waals surface area (Å²) in [6, 6.07) is 17.2.